The predicted molar refractivity (Wildman–Crippen MR) is 221 cm³/mol. The smallest absolute Gasteiger partial charge is 0.462 e. The lowest BCUT2D eigenvalue weighted by atomic mass is 10.1. The van der Waals surface area contributed by atoms with Gasteiger partial charge in [0.25, 0.3) is 0 Å². The first-order valence-electron chi connectivity index (χ1n) is 19.8. The molecule has 11 heteroatoms. The molecule has 0 aromatic rings. The fourth-order valence-electron chi connectivity index (χ4n) is 4.58. The maximum absolute atomic E-state index is 12.5. The number of rotatable bonds is 35. The number of phosphoric ester groups is 1. The Hall–Kier alpha value is -3.11. The number of aliphatic hydroxyl groups excluding tert-OH is 1. The standard InChI is InChI=1S/C43H70NO9P/c1-3-5-7-8-9-10-11-12-13-14-19-22-25-28-31-35-43(47)53-41(39-52-54(48,49)51-37-36-44)38-50-42(46)34-30-27-24-21-18-16-15-17-20-23-26-29-33-40(45)32-6-4-2/h6,9-10,12-13,15-16,19-24,26,29,32,40-41,45H,3-5,7-8,11,14,17-18,25,27-28,30-31,33-39,44H2,1-2H3,(H,48,49)/b10-9-,13-12-,16-15-,22-19-,23-20-,24-21-,29-26+,32-6-/t40?,41-/m1/s1. The molecule has 3 atom stereocenters. The van der Waals surface area contributed by atoms with E-state index in [9.17, 15) is 24.2 Å². The van der Waals surface area contributed by atoms with Gasteiger partial charge < -0.3 is 25.2 Å². The van der Waals surface area contributed by atoms with Crippen molar-refractivity contribution in [3.8, 4) is 0 Å². The first-order valence-corrected chi connectivity index (χ1v) is 21.3. The number of aliphatic hydroxyl groups is 1. The van der Waals surface area contributed by atoms with Gasteiger partial charge in [0.1, 0.15) is 6.61 Å². The Morgan fingerprint density at radius 2 is 1.22 bits per heavy atom. The molecule has 0 rings (SSSR count). The third-order valence-corrected chi connectivity index (χ3v) is 8.51. The van der Waals surface area contributed by atoms with Gasteiger partial charge in [0.15, 0.2) is 6.10 Å². The van der Waals surface area contributed by atoms with Gasteiger partial charge in [-0.3, -0.25) is 18.6 Å². The Morgan fingerprint density at radius 3 is 1.83 bits per heavy atom. The van der Waals surface area contributed by atoms with E-state index in [1.807, 2.05) is 55.5 Å². The predicted octanol–water partition coefficient (Wildman–Crippen LogP) is 10.0. The monoisotopic (exact) mass is 775 g/mol. The maximum Gasteiger partial charge on any atom is 0.472 e. The number of hydrogen-bond donors (Lipinski definition) is 3. The molecule has 0 fully saturated rings. The molecule has 0 amide bonds. The molecule has 10 nitrogen and oxygen atoms in total. The Bertz CT molecular complexity index is 1220. The van der Waals surface area contributed by atoms with Crippen LogP contribution in [0, 0.1) is 0 Å². The highest BCUT2D eigenvalue weighted by atomic mass is 31.2. The van der Waals surface area contributed by atoms with Crippen molar-refractivity contribution in [1.29, 1.82) is 0 Å². The first-order chi connectivity index (χ1) is 26.2. The van der Waals surface area contributed by atoms with Crippen molar-refractivity contribution in [3.63, 3.8) is 0 Å². The van der Waals surface area contributed by atoms with Crippen LogP contribution >= 0.6 is 7.82 Å². The number of allylic oxidation sites excluding steroid dienone is 14. The summed E-state index contributed by atoms with van der Waals surface area (Å²) in [6, 6.07) is 0. The van der Waals surface area contributed by atoms with Gasteiger partial charge in [-0.1, -0.05) is 124 Å². The third-order valence-electron chi connectivity index (χ3n) is 7.53. The number of ether oxygens (including phenoxy) is 2. The quantitative estimate of drug-likeness (QED) is 0.0186. The van der Waals surface area contributed by atoms with E-state index in [0.29, 0.717) is 25.7 Å². The summed E-state index contributed by atoms with van der Waals surface area (Å²) in [4.78, 5) is 34.7. The molecule has 0 aromatic heterocycles. The zero-order chi connectivity index (χ0) is 39.8. The number of hydrogen-bond acceptors (Lipinski definition) is 9. The van der Waals surface area contributed by atoms with E-state index in [1.54, 1.807) is 0 Å². The van der Waals surface area contributed by atoms with E-state index in [0.717, 1.165) is 51.4 Å². The third kappa shape index (κ3) is 37.2. The summed E-state index contributed by atoms with van der Waals surface area (Å²) < 4.78 is 32.6. The number of carbonyl (C=O) groups excluding carboxylic acids is 2. The van der Waals surface area contributed by atoms with Gasteiger partial charge in [-0.05, 0) is 83.5 Å². The molecule has 0 spiro atoms. The van der Waals surface area contributed by atoms with Crippen molar-refractivity contribution in [2.45, 2.75) is 135 Å². The van der Waals surface area contributed by atoms with Crippen molar-refractivity contribution >= 4 is 19.8 Å². The van der Waals surface area contributed by atoms with Crippen molar-refractivity contribution in [2.24, 2.45) is 5.73 Å². The fourth-order valence-corrected chi connectivity index (χ4v) is 5.34. The van der Waals surface area contributed by atoms with E-state index in [2.05, 4.69) is 55.5 Å². The van der Waals surface area contributed by atoms with Crippen molar-refractivity contribution < 1.29 is 42.7 Å². The van der Waals surface area contributed by atoms with Crippen LogP contribution in [0.5, 0.6) is 0 Å². The summed E-state index contributed by atoms with van der Waals surface area (Å²) in [6.07, 6.45) is 45.0. The Kier molecular flexibility index (Phi) is 36.0. The molecule has 0 radical (unpaired) electrons. The molecule has 0 aliphatic heterocycles. The molecule has 0 heterocycles. The van der Waals surface area contributed by atoms with Crippen LogP contribution in [0.2, 0.25) is 0 Å². The van der Waals surface area contributed by atoms with Gasteiger partial charge in [-0.15, -0.1) is 0 Å². The van der Waals surface area contributed by atoms with Crippen LogP contribution in [0.3, 0.4) is 0 Å². The van der Waals surface area contributed by atoms with Crippen LogP contribution in [-0.2, 0) is 32.7 Å². The second-order valence-corrected chi connectivity index (χ2v) is 14.1. The first kappa shape index (κ1) is 50.9. The van der Waals surface area contributed by atoms with Crippen molar-refractivity contribution in [3.05, 3.63) is 97.2 Å². The topological polar surface area (TPSA) is 155 Å². The lowest BCUT2D eigenvalue weighted by Crippen LogP contribution is -2.29. The van der Waals surface area contributed by atoms with Crippen LogP contribution < -0.4 is 5.73 Å². The van der Waals surface area contributed by atoms with Crippen LogP contribution in [0.4, 0.5) is 0 Å². The Balaban J connectivity index is 4.43. The van der Waals surface area contributed by atoms with Crippen molar-refractivity contribution in [1.82, 2.24) is 0 Å². The van der Waals surface area contributed by atoms with E-state index in [4.69, 9.17) is 24.3 Å². The molecular formula is C43H70NO9P. The SMILES string of the molecule is CC/C=C\C(O)C/C=C/C=C\C/C=C\C/C=C\CCCC(=O)OC[C@H](COP(=O)(O)OCCN)OC(=O)CCCC/C=C\C/C=C\C/C=C\CCCCC. The fraction of sp³-hybridized carbons (Fsp3) is 0.581. The second kappa shape index (κ2) is 38.2. The van der Waals surface area contributed by atoms with E-state index < -0.39 is 38.6 Å². The average molecular weight is 776 g/mol. The molecule has 2 unspecified atom stereocenters. The molecule has 0 bridgehead atoms. The molecule has 0 aliphatic carbocycles. The molecular weight excluding hydrogens is 705 g/mol. The summed E-state index contributed by atoms with van der Waals surface area (Å²) in [7, 11) is -4.41. The minimum Gasteiger partial charge on any atom is -0.462 e. The summed E-state index contributed by atoms with van der Waals surface area (Å²) in [5, 5.41) is 9.75. The molecule has 0 aromatic carbocycles. The number of unbranched alkanes of at least 4 members (excludes halogenated alkanes) is 6. The molecule has 4 N–H and O–H groups in total. The minimum atomic E-state index is -4.41. The summed E-state index contributed by atoms with van der Waals surface area (Å²) in [5.74, 6) is -0.979. The number of carbonyl (C=O) groups is 2. The maximum atomic E-state index is 12.5. The molecule has 0 saturated carbocycles. The molecule has 0 aliphatic rings. The summed E-state index contributed by atoms with van der Waals surface area (Å²) in [5.41, 5.74) is 5.33. The normalized spacial score (nSPS) is 15.0. The summed E-state index contributed by atoms with van der Waals surface area (Å²) in [6.45, 7) is 3.30. The van der Waals surface area contributed by atoms with Gasteiger partial charge in [0.05, 0.1) is 19.3 Å². The lowest BCUT2D eigenvalue weighted by Gasteiger charge is -2.19. The van der Waals surface area contributed by atoms with Crippen LogP contribution in [-0.4, -0.2) is 60.5 Å². The van der Waals surface area contributed by atoms with Gasteiger partial charge >= 0.3 is 19.8 Å². The van der Waals surface area contributed by atoms with Crippen LogP contribution in [0.15, 0.2) is 97.2 Å². The second-order valence-electron chi connectivity index (χ2n) is 12.6. The zero-order valence-corrected chi connectivity index (χ0v) is 33.9. The largest absolute Gasteiger partial charge is 0.472 e. The Morgan fingerprint density at radius 1 is 0.667 bits per heavy atom. The van der Waals surface area contributed by atoms with Crippen molar-refractivity contribution in [2.75, 3.05) is 26.4 Å². The van der Waals surface area contributed by atoms with Gasteiger partial charge in [-0.2, -0.15) is 0 Å². The van der Waals surface area contributed by atoms with Gasteiger partial charge in [0.2, 0.25) is 0 Å². The number of phosphoric acid groups is 1. The van der Waals surface area contributed by atoms with Crippen LogP contribution in [0.25, 0.3) is 0 Å². The lowest BCUT2D eigenvalue weighted by molar-refractivity contribution is -0.161. The molecule has 0 saturated heterocycles. The number of esters is 2. The number of nitrogens with two attached hydrogens (primary N) is 1. The van der Waals surface area contributed by atoms with E-state index >= 15 is 0 Å². The Labute approximate surface area is 326 Å². The zero-order valence-electron chi connectivity index (χ0n) is 33.0. The molecule has 54 heavy (non-hydrogen) atoms. The van der Waals surface area contributed by atoms with Crippen LogP contribution in [0.1, 0.15) is 123 Å². The molecule has 306 valence electrons. The highest BCUT2D eigenvalue weighted by molar-refractivity contribution is 7.47. The minimum absolute atomic E-state index is 0.0275. The van der Waals surface area contributed by atoms with E-state index in [1.165, 1.54) is 19.3 Å². The van der Waals surface area contributed by atoms with Gasteiger partial charge in [-0.25, -0.2) is 4.57 Å². The average Bonchev–Trinajstić information content (AvgIpc) is 3.15. The summed E-state index contributed by atoms with van der Waals surface area (Å²) >= 11 is 0. The van der Waals surface area contributed by atoms with Gasteiger partial charge in [0, 0.05) is 19.4 Å². The highest BCUT2D eigenvalue weighted by Gasteiger charge is 2.25. The van der Waals surface area contributed by atoms with E-state index in [-0.39, 0.29) is 32.6 Å². The highest BCUT2D eigenvalue weighted by Crippen LogP contribution is 2.43.